The normalized spacial score (nSPS) is 10.5. The van der Waals surface area contributed by atoms with Crippen LogP contribution in [0.25, 0.3) is 0 Å². The molecule has 0 saturated heterocycles. The third kappa shape index (κ3) is 2.28. The van der Waals surface area contributed by atoms with Gasteiger partial charge in [-0.25, -0.2) is 0 Å². The van der Waals surface area contributed by atoms with Crippen molar-refractivity contribution in [2.75, 3.05) is 0 Å². The first-order valence-electron chi connectivity index (χ1n) is 5.51. The van der Waals surface area contributed by atoms with Crippen molar-refractivity contribution < 1.29 is 0 Å². The largest absolute Gasteiger partial charge is 0.150 e. The molecule has 0 aliphatic rings. The van der Waals surface area contributed by atoms with E-state index in [-0.39, 0.29) is 0 Å². The van der Waals surface area contributed by atoms with Crippen LogP contribution in [0.15, 0.2) is 12.1 Å². The van der Waals surface area contributed by atoms with Crippen LogP contribution in [0.4, 0.5) is 5.69 Å². The van der Waals surface area contributed by atoms with E-state index >= 15 is 0 Å². The van der Waals surface area contributed by atoms with Crippen molar-refractivity contribution in [1.29, 1.82) is 0 Å². The summed E-state index contributed by atoms with van der Waals surface area (Å²) in [5.74, 6) is 0. The fourth-order valence-electron chi connectivity index (χ4n) is 1.90. The Morgan fingerprint density at radius 1 is 1.07 bits per heavy atom. The number of benzene rings is 1. The summed E-state index contributed by atoms with van der Waals surface area (Å²) >= 11 is 0. The summed E-state index contributed by atoms with van der Waals surface area (Å²) in [5, 5.41) is 0. The van der Waals surface area contributed by atoms with Crippen molar-refractivity contribution in [3.63, 3.8) is 0 Å². The van der Waals surface area contributed by atoms with Gasteiger partial charge in [-0.3, -0.25) is 0 Å². The van der Waals surface area contributed by atoms with E-state index in [4.69, 9.17) is 0 Å². The highest BCUT2D eigenvalue weighted by atomic mass is 14.6. The van der Waals surface area contributed by atoms with E-state index in [2.05, 4.69) is 19.9 Å². The zero-order chi connectivity index (χ0) is 10.6. The third-order valence-corrected chi connectivity index (χ3v) is 2.69. The molecule has 0 atom stereocenters. The van der Waals surface area contributed by atoms with Crippen molar-refractivity contribution in [3.05, 3.63) is 28.8 Å². The maximum Gasteiger partial charge on any atom is 0.0889 e. The minimum atomic E-state index is 0.438. The highest BCUT2D eigenvalue weighted by molar-refractivity contribution is 5.51. The first-order chi connectivity index (χ1) is 6.70. The van der Waals surface area contributed by atoms with E-state index in [0.29, 0.717) is 5.69 Å². The zero-order valence-corrected chi connectivity index (χ0v) is 9.43. The molecule has 0 aliphatic heterocycles. The van der Waals surface area contributed by atoms with Crippen molar-refractivity contribution in [2.24, 2.45) is 0 Å². The molecule has 0 N–H and O–H groups in total. The lowest BCUT2D eigenvalue weighted by molar-refractivity contribution is 0.854. The van der Waals surface area contributed by atoms with Crippen LogP contribution in [0, 0.1) is 6.92 Å². The van der Waals surface area contributed by atoms with Crippen LogP contribution < -0.4 is 5.73 Å². The summed E-state index contributed by atoms with van der Waals surface area (Å²) in [6, 6.07) is 3.89. The number of aryl methyl sites for hydroxylation is 1. The standard InChI is InChI=1S/C13H19N/c1-4-6-11-8-9-13(14)10(3)12(11)7-5-2/h8-9H,4-7H2,1-3H3. The first kappa shape index (κ1) is 11.1. The van der Waals surface area contributed by atoms with E-state index in [0.717, 1.165) is 24.8 Å². The Hall–Kier alpha value is -0.980. The van der Waals surface area contributed by atoms with Crippen molar-refractivity contribution >= 4 is 5.69 Å². The number of nitrogens with zero attached hydrogens (tertiary/aromatic N) is 1. The van der Waals surface area contributed by atoms with Crippen LogP contribution >= 0.6 is 0 Å². The van der Waals surface area contributed by atoms with Crippen molar-refractivity contribution in [1.82, 2.24) is 5.73 Å². The van der Waals surface area contributed by atoms with Gasteiger partial charge in [0.25, 0.3) is 0 Å². The second-order valence-corrected chi connectivity index (χ2v) is 3.85. The van der Waals surface area contributed by atoms with Gasteiger partial charge in [0, 0.05) is 0 Å². The topological polar surface area (TPSA) is 22.3 Å². The minimum absolute atomic E-state index is 0.438. The summed E-state index contributed by atoms with van der Waals surface area (Å²) in [5.41, 5.74) is 13.9. The van der Waals surface area contributed by atoms with Crippen LogP contribution in [-0.4, -0.2) is 0 Å². The fraction of sp³-hybridized carbons (Fsp3) is 0.538. The number of hydrogen-bond donors (Lipinski definition) is 0. The molecule has 1 aromatic carbocycles. The summed E-state index contributed by atoms with van der Waals surface area (Å²) in [4.78, 5) is 0. The Kier molecular flexibility index (Phi) is 3.99. The molecule has 0 aliphatic carbocycles. The van der Waals surface area contributed by atoms with Gasteiger partial charge in [-0.15, -0.1) is 0 Å². The van der Waals surface area contributed by atoms with Gasteiger partial charge < -0.3 is 0 Å². The molecule has 1 rings (SSSR count). The van der Waals surface area contributed by atoms with Crippen LogP contribution in [0.2, 0.25) is 0 Å². The van der Waals surface area contributed by atoms with E-state index in [1.54, 1.807) is 0 Å². The highest BCUT2D eigenvalue weighted by Crippen LogP contribution is 2.23. The third-order valence-electron chi connectivity index (χ3n) is 2.69. The lowest BCUT2D eigenvalue weighted by Gasteiger charge is -2.12. The number of rotatable bonds is 4. The van der Waals surface area contributed by atoms with Crippen molar-refractivity contribution in [3.8, 4) is 0 Å². The molecule has 1 aromatic rings. The Morgan fingerprint density at radius 2 is 1.71 bits per heavy atom. The molecule has 0 heterocycles. The van der Waals surface area contributed by atoms with Gasteiger partial charge >= 0.3 is 0 Å². The van der Waals surface area contributed by atoms with Crippen LogP contribution in [0.3, 0.4) is 0 Å². The SMILES string of the molecule is CCCc1ccc([N])c(C)c1CCC. The summed E-state index contributed by atoms with van der Waals surface area (Å²) in [6.07, 6.45) is 4.51. The van der Waals surface area contributed by atoms with E-state index < -0.39 is 0 Å². The zero-order valence-electron chi connectivity index (χ0n) is 9.43. The molecule has 14 heavy (non-hydrogen) atoms. The summed E-state index contributed by atoms with van der Waals surface area (Å²) < 4.78 is 0. The molecule has 0 spiro atoms. The Morgan fingerprint density at radius 3 is 2.29 bits per heavy atom. The van der Waals surface area contributed by atoms with E-state index in [1.807, 2.05) is 13.0 Å². The molecule has 76 valence electrons. The smallest absolute Gasteiger partial charge is 0.0889 e. The Bertz CT molecular complexity index is 302. The van der Waals surface area contributed by atoms with Gasteiger partial charge in [-0.1, -0.05) is 32.8 Å². The van der Waals surface area contributed by atoms with Crippen LogP contribution in [0.5, 0.6) is 0 Å². The summed E-state index contributed by atoms with van der Waals surface area (Å²) in [6.45, 7) is 6.39. The molecule has 0 bridgehead atoms. The summed E-state index contributed by atoms with van der Waals surface area (Å²) in [7, 11) is 0. The van der Waals surface area contributed by atoms with Gasteiger partial charge in [0.2, 0.25) is 0 Å². The average Bonchev–Trinajstić information content (AvgIpc) is 2.18. The molecular weight excluding hydrogens is 170 g/mol. The molecule has 1 heteroatoms. The maximum atomic E-state index is 9.62. The van der Waals surface area contributed by atoms with Crippen LogP contribution in [-0.2, 0) is 12.8 Å². The molecule has 0 amide bonds. The van der Waals surface area contributed by atoms with E-state index in [9.17, 15) is 5.73 Å². The van der Waals surface area contributed by atoms with Gasteiger partial charge in [0.05, 0.1) is 5.69 Å². The molecule has 2 radical (unpaired) electrons. The lowest BCUT2D eigenvalue weighted by Crippen LogP contribution is -1.98. The number of hydrogen-bond acceptors (Lipinski definition) is 0. The molecule has 0 fully saturated rings. The Labute approximate surface area is 87.3 Å². The minimum Gasteiger partial charge on any atom is -0.150 e. The molecule has 0 aromatic heterocycles. The van der Waals surface area contributed by atoms with Gasteiger partial charge in [0.1, 0.15) is 0 Å². The molecule has 0 saturated carbocycles. The van der Waals surface area contributed by atoms with Gasteiger partial charge in [-0.05, 0) is 42.5 Å². The lowest BCUT2D eigenvalue weighted by atomic mass is 9.94. The Balaban J connectivity index is 3.08. The fourth-order valence-corrected chi connectivity index (χ4v) is 1.90. The average molecular weight is 189 g/mol. The second-order valence-electron chi connectivity index (χ2n) is 3.85. The molecule has 0 unspecified atom stereocenters. The predicted molar refractivity (Wildman–Crippen MR) is 61.0 cm³/mol. The van der Waals surface area contributed by atoms with Crippen molar-refractivity contribution in [2.45, 2.75) is 46.5 Å². The highest BCUT2D eigenvalue weighted by Gasteiger charge is 2.07. The quantitative estimate of drug-likeness (QED) is 0.690. The molecular formula is C13H19N. The monoisotopic (exact) mass is 189 g/mol. The van der Waals surface area contributed by atoms with Gasteiger partial charge in [0.15, 0.2) is 0 Å². The van der Waals surface area contributed by atoms with Gasteiger partial charge in [-0.2, -0.15) is 5.73 Å². The van der Waals surface area contributed by atoms with Crippen LogP contribution in [0.1, 0.15) is 43.4 Å². The first-order valence-corrected chi connectivity index (χ1v) is 5.51. The van der Waals surface area contributed by atoms with E-state index in [1.165, 1.54) is 17.5 Å². The maximum absolute atomic E-state index is 9.62. The second kappa shape index (κ2) is 5.04. The predicted octanol–water partition coefficient (Wildman–Crippen LogP) is 3.60. The molecule has 1 nitrogen and oxygen atoms in total.